The molecule has 0 saturated carbocycles. The first kappa shape index (κ1) is 19.3. The minimum atomic E-state index is -0.162. The van der Waals surface area contributed by atoms with E-state index in [4.69, 9.17) is 25.8 Å². The van der Waals surface area contributed by atoms with Crippen LogP contribution in [-0.4, -0.2) is 39.4 Å². The van der Waals surface area contributed by atoms with E-state index < -0.39 is 0 Å². The third kappa shape index (κ3) is 6.93. The molecule has 0 bridgehead atoms. The summed E-state index contributed by atoms with van der Waals surface area (Å²) in [6, 6.07) is 3.50. The fraction of sp³-hybridized carbons (Fsp3) is 0.471. The molecule has 0 heterocycles. The van der Waals surface area contributed by atoms with Crippen molar-refractivity contribution in [3.63, 3.8) is 0 Å². The maximum atomic E-state index is 11.7. The van der Waals surface area contributed by atoms with E-state index in [1.165, 1.54) is 6.08 Å². The van der Waals surface area contributed by atoms with Crippen molar-refractivity contribution in [2.45, 2.75) is 20.3 Å². The average Bonchev–Trinajstić information content (AvgIpc) is 2.54. The van der Waals surface area contributed by atoms with Gasteiger partial charge in [0.2, 0.25) is 5.91 Å². The lowest BCUT2D eigenvalue weighted by Gasteiger charge is -2.11. The van der Waals surface area contributed by atoms with Gasteiger partial charge in [0.25, 0.3) is 0 Å². The predicted molar refractivity (Wildman–Crippen MR) is 92.3 cm³/mol. The van der Waals surface area contributed by atoms with Crippen LogP contribution in [0.2, 0.25) is 5.02 Å². The SMILES string of the molecule is CCOCCCNC(=O)/C=C/c1cc(Cl)c(OCC)c(OC)c1. The van der Waals surface area contributed by atoms with E-state index in [-0.39, 0.29) is 5.91 Å². The van der Waals surface area contributed by atoms with E-state index in [1.54, 1.807) is 25.3 Å². The number of ether oxygens (including phenoxy) is 3. The van der Waals surface area contributed by atoms with Crippen molar-refractivity contribution < 1.29 is 19.0 Å². The second-order valence-electron chi connectivity index (χ2n) is 4.64. The molecule has 1 aromatic carbocycles. The van der Waals surface area contributed by atoms with E-state index in [1.807, 2.05) is 13.8 Å². The van der Waals surface area contributed by atoms with E-state index >= 15 is 0 Å². The fourth-order valence-electron chi connectivity index (χ4n) is 1.88. The van der Waals surface area contributed by atoms with Crippen LogP contribution in [0.5, 0.6) is 11.5 Å². The quantitative estimate of drug-likeness (QED) is 0.524. The normalized spacial score (nSPS) is 10.8. The molecule has 0 unspecified atom stereocenters. The Hall–Kier alpha value is -1.72. The van der Waals surface area contributed by atoms with Crippen molar-refractivity contribution in [2.75, 3.05) is 33.5 Å². The molecule has 0 aliphatic carbocycles. The van der Waals surface area contributed by atoms with Gasteiger partial charge in [-0.3, -0.25) is 4.79 Å². The standard InChI is InChI=1S/C17H24ClNO4/c1-4-22-10-6-9-19-16(20)8-7-13-11-14(18)17(23-5-2)15(12-13)21-3/h7-8,11-12H,4-6,9-10H2,1-3H3,(H,19,20)/b8-7+. The number of benzene rings is 1. The zero-order valence-electron chi connectivity index (χ0n) is 13.9. The molecule has 0 aliphatic heterocycles. The van der Waals surface area contributed by atoms with Crippen molar-refractivity contribution in [3.8, 4) is 11.5 Å². The molecule has 0 fully saturated rings. The van der Waals surface area contributed by atoms with Crippen LogP contribution in [0.4, 0.5) is 0 Å². The summed E-state index contributed by atoms with van der Waals surface area (Å²) in [6.07, 6.45) is 3.93. The van der Waals surface area contributed by atoms with E-state index in [0.717, 1.165) is 12.0 Å². The third-order valence-electron chi connectivity index (χ3n) is 2.94. The number of nitrogens with one attached hydrogen (secondary N) is 1. The van der Waals surface area contributed by atoms with Gasteiger partial charge in [0.05, 0.1) is 18.7 Å². The highest BCUT2D eigenvalue weighted by molar-refractivity contribution is 6.32. The lowest BCUT2D eigenvalue weighted by atomic mass is 10.2. The van der Waals surface area contributed by atoms with Gasteiger partial charge in [0.15, 0.2) is 11.5 Å². The number of halogens is 1. The van der Waals surface area contributed by atoms with Crippen LogP contribution in [0.25, 0.3) is 6.08 Å². The van der Waals surface area contributed by atoms with Gasteiger partial charge in [-0.1, -0.05) is 11.6 Å². The lowest BCUT2D eigenvalue weighted by molar-refractivity contribution is -0.116. The molecular formula is C17H24ClNO4. The Balaban J connectivity index is 2.62. The van der Waals surface area contributed by atoms with Crippen LogP contribution in [0.1, 0.15) is 25.8 Å². The summed E-state index contributed by atoms with van der Waals surface area (Å²) >= 11 is 6.19. The summed E-state index contributed by atoms with van der Waals surface area (Å²) in [7, 11) is 1.55. The van der Waals surface area contributed by atoms with Crippen molar-refractivity contribution in [1.82, 2.24) is 5.32 Å². The van der Waals surface area contributed by atoms with Gasteiger partial charge in [-0.05, 0) is 44.0 Å². The van der Waals surface area contributed by atoms with Crippen molar-refractivity contribution in [3.05, 3.63) is 28.8 Å². The molecule has 0 spiro atoms. The molecule has 1 N–H and O–H groups in total. The smallest absolute Gasteiger partial charge is 0.244 e. The Labute approximate surface area is 142 Å². The van der Waals surface area contributed by atoms with Crippen LogP contribution >= 0.6 is 11.6 Å². The van der Waals surface area contributed by atoms with Crippen LogP contribution in [0.15, 0.2) is 18.2 Å². The highest BCUT2D eigenvalue weighted by Crippen LogP contribution is 2.36. The van der Waals surface area contributed by atoms with Crippen molar-refractivity contribution in [1.29, 1.82) is 0 Å². The molecule has 1 amide bonds. The largest absolute Gasteiger partial charge is 0.493 e. The van der Waals surface area contributed by atoms with Gasteiger partial charge >= 0.3 is 0 Å². The van der Waals surface area contributed by atoms with E-state index in [9.17, 15) is 4.79 Å². The first-order chi connectivity index (χ1) is 11.1. The third-order valence-corrected chi connectivity index (χ3v) is 3.22. The first-order valence-corrected chi connectivity index (χ1v) is 8.04. The van der Waals surface area contributed by atoms with Crippen LogP contribution in [-0.2, 0) is 9.53 Å². The molecule has 128 valence electrons. The van der Waals surface area contributed by atoms with E-state index in [2.05, 4.69) is 5.32 Å². The maximum Gasteiger partial charge on any atom is 0.244 e. The molecular weight excluding hydrogens is 318 g/mol. The average molecular weight is 342 g/mol. The summed E-state index contributed by atoms with van der Waals surface area (Å²) in [6.45, 7) is 6.23. The van der Waals surface area contributed by atoms with Gasteiger partial charge in [-0.2, -0.15) is 0 Å². The highest BCUT2D eigenvalue weighted by atomic mass is 35.5. The number of hydrogen-bond acceptors (Lipinski definition) is 4. The number of hydrogen-bond donors (Lipinski definition) is 1. The fourth-order valence-corrected chi connectivity index (χ4v) is 2.16. The Kier molecular flexibility index (Phi) is 9.17. The maximum absolute atomic E-state index is 11.7. The number of methoxy groups -OCH3 is 1. The Morgan fingerprint density at radius 2 is 2.09 bits per heavy atom. The van der Waals surface area contributed by atoms with Crippen LogP contribution in [0.3, 0.4) is 0 Å². The summed E-state index contributed by atoms with van der Waals surface area (Å²) in [5.74, 6) is 0.885. The molecule has 23 heavy (non-hydrogen) atoms. The summed E-state index contributed by atoms with van der Waals surface area (Å²) < 4.78 is 15.9. The van der Waals surface area contributed by atoms with Gasteiger partial charge in [-0.15, -0.1) is 0 Å². The van der Waals surface area contributed by atoms with Crippen LogP contribution < -0.4 is 14.8 Å². The van der Waals surface area contributed by atoms with Gasteiger partial charge in [0.1, 0.15) is 0 Å². The Morgan fingerprint density at radius 1 is 1.30 bits per heavy atom. The van der Waals surface area contributed by atoms with Gasteiger partial charge in [-0.25, -0.2) is 0 Å². The molecule has 0 aromatic heterocycles. The molecule has 0 atom stereocenters. The molecule has 5 nitrogen and oxygen atoms in total. The number of amides is 1. The topological polar surface area (TPSA) is 56.8 Å². The lowest BCUT2D eigenvalue weighted by Crippen LogP contribution is -2.23. The predicted octanol–water partition coefficient (Wildman–Crippen LogP) is 3.30. The first-order valence-electron chi connectivity index (χ1n) is 7.66. The van der Waals surface area contributed by atoms with Crippen molar-refractivity contribution >= 4 is 23.6 Å². The number of rotatable bonds is 10. The monoisotopic (exact) mass is 341 g/mol. The molecule has 6 heteroatoms. The van der Waals surface area contributed by atoms with E-state index in [0.29, 0.717) is 42.9 Å². The summed E-state index contributed by atoms with van der Waals surface area (Å²) in [5, 5.41) is 3.24. The molecule has 1 rings (SSSR count). The van der Waals surface area contributed by atoms with Gasteiger partial charge in [0, 0.05) is 25.8 Å². The summed E-state index contributed by atoms with van der Waals surface area (Å²) in [5.41, 5.74) is 0.764. The second-order valence-corrected chi connectivity index (χ2v) is 5.05. The zero-order valence-corrected chi connectivity index (χ0v) is 14.6. The second kappa shape index (κ2) is 10.9. The zero-order chi connectivity index (χ0) is 17.1. The molecule has 0 aliphatic rings. The molecule has 0 saturated heterocycles. The molecule has 1 aromatic rings. The minimum absolute atomic E-state index is 0.162. The highest BCUT2D eigenvalue weighted by Gasteiger charge is 2.10. The van der Waals surface area contributed by atoms with Gasteiger partial charge < -0.3 is 19.5 Å². The Morgan fingerprint density at radius 3 is 2.74 bits per heavy atom. The molecule has 0 radical (unpaired) electrons. The Bertz CT molecular complexity index is 532. The summed E-state index contributed by atoms with van der Waals surface area (Å²) in [4.78, 5) is 11.7. The van der Waals surface area contributed by atoms with Crippen molar-refractivity contribution in [2.24, 2.45) is 0 Å². The number of carbonyl (C=O) groups excluding carboxylic acids is 1. The van der Waals surface area contributed by atoms with Crippen LogP contribution in [0, 0.1) is 0 Å². The minimum Gasteiger partial charge on any atom is -0.493 e. The number of carbonyl (C=O) groups is 1.